The maximum Gasteiger partial charge on any atom is 0.409 e. The van der Waals surface area contributed by atoms with Crippen LogP contribution in [0.3, 0.4) is 0 Å². The highest BCUT2D eigenvalue weighted by atomic mass is 16.6. The topological polar surface area (TPSA) is 90.4 Å². The van der Waals surface area contributed by atoms with E-state index in [-0.39, 0.29) is 24.7 Å². The van der Waals surface area contributed by atoms with Gasteiger partial charge in [0.05, 0.1) is 6.61 Å². The summed E-state index contributed by atoms with van der Waals surface area (Å²) in [4.78, 5) is 39.4. The number of amides is 3. The number of hydrogen-bond acceptors (Lipinski definition) is 4. The van der Waals surface area contributed by atoms with Gasteiger partial charge in [0.15, 0.2) is 0 Å². The van der Waals surface area contributed by atoms with E-state index in [9.17, 15) is 14.4 Å². The second-order valence-corrected chi connectivity index (χ2v) is 5.21. The third-order valence-corrected chi connectivity index (χ3v) is 3.62. The highest BCUT2D eigenvalue weighted by Gasteiger charge is 2.37. The molecule has 1 heterocycles. The van der Waals surface area contributed by atoms with Gasteiger partial charge in [0.25, 0.3) is 0 Å². The maximum atomic E-state index is 12.4. The second-order valence-electron chi connectivity index (χ2n) is 5.21. The van der Waals surface area contributed by atoms with Gasteiger partial charge in [-0.3, -0.25) is 4.79 Å². The van der Waals surface area contributed by atoms with Crippen molar-refractivity contribution in [2.45, 2.75) is 25.8 Å². The minimum atomic E-state index is -1.000. The van der Waals surface area contributed by atoms with Gasteiger partial charge in [0.1, 0.15) is 6.54 Å². The Labute approximate surface area is 123 Å². The van der Waals surface area contributed by atoms with Crippen LogP contribution >= 0.6 is 0 Å². The van der Waals surface area contributed by atoms with Gasteiger partial charge in [-0.1, -0.05) is 0 Å². The summed E-state index contributed by atoms with van der Waals surface area (Å²) in [7, 11) is 0. The van der Waals surface area contributed by atoms with Crippen molar-refractivity contribution in [3.8, 4) is 0 Å². The Morgan fingerprint density at radius 1 is 1.14 bits per heavy atom. The fourth-order valence-electron chi connectivity index (χ4n) is 2.36. The minimum absolute atomic E-state index is 0.0525. The molecule has 8 nitrogen and oxygen atoms in total. The summed E-state index contributed by atoms with van der Waals surface area (Å²) in [6.07, 6.45) is 1.36. The van der Waals surface area contributed by atoms with Crippen LogP contribution in [0.4, 0.5) is 9.59 Å². The van der Waals surface area contributed by atoms with Crippen molar-refractivity contribution in [3.05, 3.63) is 0 Å². The summed E-state index contributed by atoms with van der Waals surface area (Å²) in [6.45, 7) is 3.44. The summed E-state index contributed by atoms with van der Waals surface area (Å²) >= 11 is 0. The number of piperazine rings is 1. The van der Waals surface area contributed by atoms with E-state index in [0.717, 1.165) is 12.8 Å². The lowest BCUT2D eigenvalue weighted by molar-refractivity contribution is -0.137. The molecule has 2 fully saturated rings. The summed E-state index contributed by atoms with van der Waals surface area (Å²) in [5.41, 5.74) is 0. The highest BCUT2D eigenvalue weighted by Crippen LogP contribution is 2.27. The first-order valence-corrected chi connectivity index (χ1v) is 7.22. The van der Waals surface area contributed by atoms with Crippen molar-refractivity contribution in [3.63, 3.8) is 0 Å². The standard InChI is InChI=1S/C13H21N3O5/c1-2-21-13(20)15-7-5-14(6-8-15)12(19)16(9-11(17)18)10-3-4-10/h10H,2-9H2,1H3,(H,17,18). The van der Waals surface area contributed by atoms with E-state index < -0.39 is 5.97 Å². The zero-order valence-electron chi connectivity index (χ0n) is 12.2. The molecule has 8 heteroatoms. The maximum absolute atomic E-state index is 12.4. The molecule has 0 bridgehead atoms. The number of carboxylic acids is 1. The van der Waals surface area contributed by atoms with Crippen LogP contribution in [0.15, 0.2) is 0 Å². The first-order valence-electron chi connectivity index (χ1n) is 7.22. The molecule has 0 atom stereocenters. The second kappa shape index (κ2) is 6.64. The lowest BCUT2D eigenvalue weighted by Gasteiger charge is -2.36. The van der Waals surface area contributed by atoms with Crippen molar-refractivity contribution in [2.24, 2.45) is 0 Å². The van der Waals surface area contributed by atoms with Gasteiger partial charge in [0, 0.05) is 32.2 Å². The molecule has 1 N–H and O–H groups in total. The molecule has 118 valence electrons. The van der Waals surface area contributed by atoms with Crippen molar-refractivity contribution < 1.29 is 24.2 Å². The fraction of sp³-hybridized carbons (Fsp3) is 0.769. The summed E-state index contributed by atoms with van der Waals surface area (Å²) in [5, 5.41) is 8.90. The normalized spacial score (nSPS) is 18.3. The van der Waals surface area contributed by atoms with E-state index in [1.54, 1.807) is 16.7 Å². The number of ether oxygens (including phenoxy) is 1. The number of carboxylic acid groups (broad SMARTS) is 1. The zero-order chi connectivity index (χ0) is 15.4. The SMILES string of the molecule is CCOC(=O)N1CCN(C(=O)N(CC(=O)O)C2CC2)CC1. The van der Waals surface area contributed by atoms with Crippen LogP contribution in [0.2, 0.25) is 0 Å². The molecule has 3 amide bonds. The average molecular weight is 299 g/mol. The molecule has 1 saturated heterocycles. The Hall–Kier alpha value is -1.99. The molecular formula is C13H21N3O5. The van der Waals surface area contributed by atoms with Crippen LogP contribution in [0, 0.1) is 0 Å². The lowest BCUT2D eigenvalue weighted by Crippen LogP contribution is -2.55. The monoisotopic (exact) mass is 299 g/mol. The van der Waals surface area contributed by atoms with E-state index in [0.29, 0.717) is 32.8 Å². The smallest absolute Gasteiger partial charge is 0.409 e. The molecule has 0 radical (unpaired) electrons. The third-order valence-electron chi connectivity index (χ3n) is 3.62. The van der Waals surface area contributed by atoms with E-state index in [1.807, 2.05) is 0 Å². The summed E-state index contributed by atoms with van der Waals surface area (Å²) < 4.78 is 4.92. The zero-order valence-corrected chi connectivity index (χ0v) is 12.2. The number of urea groups is 1. The van der Waals surface area contributed by atoms with Crippen LogP contribution in [0.5, 0.6) is 0 Å². The Kier molecular flexibility index (Phi) is 4.87. The summed E-state index contributed by atoms with van der Waals surface area (Å²) in [5.74, 6) is -1.000. The van der Waals surface area contributed by atoms with E-state index in [2.05, 4.69) is 0 Å². The molecule has 1 saturated carbocycles. The number of hydrogen-bond donors (Lipinski definition) is 1. The Balaban J connectivity index is 1.87. The Morgan fingerprint density at radius 3 is 2.19 bits per heavy atom. The molecule has 1 aliphatic carbocycles. The van der Waals surface area contributed by atoms with E-state index in [4.69, 9.17) is 9.84 Å². The van der Waals surface area contributed by atoms with E-state index in [1.165, 1.54) is 4.90 Å². The number of carbonyl (C=O) groups excluding carboxylic acids is 2. The molecule has 0 aromatic rings. The molecule has 1 aliphatic heterocycles. The van der Waals surface area contributed by atoms with Crippen LogP contribution in [0.25, 0.3) is 0 Å². The van der Waals surface area contributed by atoms with Gasteiger partial charge in [-0.05, 0) is 19.8 Å². The Morgan fingerprint density at radius 2 is 1.71 bits per heavy atom. The molecule has 0 aromatic carbocycles. The van der Waals surface area contributed by atoms with Crippen LogP contribution in [0.1, 0.15) is 19.8 Å². The average Bonchev–Trinajstić information content (AvgIpc) is 3.29. The first kappa shape index (κ1) is 15.4. The van der Waals surface area contributed by atoms with Crippen LogP contribution in [-0.2, 0) is 9.53 Å². The van der Waals surface area contributed by atoms with Crippen molar-refractivity contribution in [2.75, 3.05) is 39.3 Å². The fourth-order valence-corrected chi connectivity index (χ4v) is 2.36. The molecular weight excluding hydrogens is 278 g/mol. The van der Waals surface area contributed by atoms with Gasteiger partial charge in [-0.2, -0.15) is 0 Å². The molecule has 2 aliphatic rings. The van der Waals surface area contributed by atoms with Crippen LogP contribution < -0.4 is 0 Å². The molecule has 0 aromatic heterocycles. The summed E-state index contributed by atoms with van der Waals surface area (Å²) in [6, 6.07) is -0.194. The van der Waals surface area contributed by atoms with Crippen LogP contribution in [-0.4, -0.2) is 83.3 Å². The number of carbonyl (C=O) groups is 3. The molecule has 0 unspecified atom stereocenters. The largest absolute Gasteiger partial charge is 0.480 e. The number of rotatable bonds is 4. The highest BCUT2D eigenvalue weighted by molar-refractivity contribution is 5.81. The quantitative estimate of drug-likeness (QED) is 0.813. The predicted molar refractivity (Wildman–Crippen MR) is 72.9 cm³/mol. The van der Waals surface area contributed by atoms with Gasteiger partial charge >= 0.3 is 18.1 Å². The van der Waals surface area contributed by atoms with Gasteiger partial charge < -0.3 is 24.5 Å². The van der Waals surface area contributed by atoms with Gasteiger partial charge in [0.2, 0.25) is 0 Å². The van der Waals surface area contributed by atoms with Gasteiger partial charge in [-0.15, -0.1) is 0 Å². The first-order chi connectivity index (χ1) is 10.0. The number of aliphatic carboxylic acids is 1. The Bertz CT molecular complexity index is 416. The van der Waals surface area contributed by atoms with Gasteiger partial charge in [-0.25, -0.2) is 9.59 Å². The lowest BCUT2D eigenvalue weighted by atomic mass is 10.3. The molecule has 21 heavy (non-hydrogen) atoms. The van der Waals surface area contributed by atoms with E-state index >= 15 is 0 Å². The minimum Gasteiger partial charge on any atom is -0.480 e. The molecule has 0 spiro atoms. The van der Waals surface area contributed by atoms with Crippen molar-refractivity contribution in [1.29, 1.82) is 0 Å². The number of nitrogens with zero attached hydrogens (tertiary/aromatic N) is 3. The third kappa shape index (κ3) is 3.99. The molecule has 2 rings (SSSR count). The van der Waals surface area contributed by atoms with Crippen molar-refractivity contribution >= 4 is 18.1 Å². The van der Waals surface area contributed by atoms with Crippen molar-refractivity contribution in [1.82, 2.24) is 14.7 Å². The predicted octanol–water partition coefficient (Wildman–Crippen LogP) is 0.430.